The maximum absolute atomic E-state index is 14.4. The third-order valence-electron chi connectivity index (χ3n) is 3.13. The van der Waals surface area contributed by atoms with Gasteiger partial charge < -0.3 is 15.5 Å². The molecule has 0 saturated heterocycles. The number of aliphatic hydroxyl groups excluding tert-OH is 1. The van der Waals surface area contributed by atoms with Gasteiger partial charge in [-0.1, -0.05) is 25.1 Å². The quantitative estimate of drug-likeness (QED) is 0.705. The molecule has 1 aromatic carbocycles. The van der Waals surface area contributed by atoms with Gasteiger partial charge in [0.05, 0.1) is 13.0 Å². The molecule has 20 heavy (non-hydrogen) atoms. The Hall–Kier alpha value is -1.95. The fourth-order valence-electron chi connectivity index (χ4n) is 1.75. The lowest BCUT2D eigenvalue weighted by atomic mass is 9.93. The molecule has 0 aliphatic heterocycles. The summed E-state index contributed by atoms with van der Waals surface area (Å²) >= 11 is 0. The minimum Gasteiger partial charge on any atom is -0.481 e. The molecule has 0 aromatic heterocycles. The Morgan fingerprint density at radius 3 is 2.45 bits per heavy atom. The Labute approximate surface area is 116 Å². The standard InChI is InChI=1S/C14H18FNO4/c1-2-14(15,11(17)8-12(18)19)9-16-13(20)10-6-4-3-5-7-10/h3-7,11,17H,2,8-9H2,1H3,(H,16,20)(H,18,19)/t11-,14?/m0/s1. The molecule has 1 rings (SSSR count). The number of amides is 1. The molecule has 0 heterocycles. The van der Waals surface area contributed by atoms with E-state index in [9.17, 15) is 19.1 Å². The van der Waals surface area contributed by atoms with Gasteiger partial charge >= 0.3 is 5.97 Å². The van der Waals surface area contributed by atoms with Crippen molar-refractivity contribution in [2.45, 2.75) is 31.5 Å². The Balaban J connectivity index is 2.65. The molecule has 0 spiro atoms. The number of carbonyl (C=O) groups is 2. The number of alkyl halides is 1. The number of hydrogen-bond donors (Lipinski definition) is 3. The van der Waals surface area contributed by atoms with Gasteiger partial charge in [-0.05, 0) is 18.6 Å². The van der Waals surface area contributed by atoms with Gasteiger partial charge in [0, 0.05) is 5.56 Å². The van der Waals surface area contributed by atoms with Crippen LogP contribution in [-0.2, 0) is 4.79 Å². The maximum Gasteiger partial charge on any atom is 0.306 e. The van der Waals surface area contributed by atoms with Gasteiger partial charge in [-0.2, -0.15) is 0 Å². The molecule has 5 nitrogen and oxygen atoms in total. The Morgan fingerprint density at radius 2 is 1.95 bits per heavy atom. The summed E-state index contributed by atoms with van der Waals surface area (Å²) in [6.07, 6.45) is -2.47. The number of carboxylic acid groups (broad SMARTS) is 1. The van der Waals surface area contributed by atoms with Crippen LogP contribution in [0.1, 0.15) is 30.1 Å². The predicted molar refractivity (Wildman–Crippen MR) is 71.2 cm³/mol. The van der Waals surface area contributed by atoms with Crippen LogP contribution in [0.2, 0.25) is 0 Å². The number of nitrogens with one attached hydrogen (secondary N) is 1. The van der Waals surface area contributed by atoms with Crippen molar-refractivity contribution in [1.82, 2.24) is 5.32 Å². The number of halogens is 1. The number of aliphatic hydroxyl groups is 1. The molecule has 0 bridgehead atoms. The molecule has 0 aliphatic rings. The van der Waals surface area contributed by atoms with E-state index in [1.165, 1.54) is 6.92 Å². The molecule has 2 atom stereocenters. The van der Waals surface area contributed by atoms with E-state index in [2.05, 4.69) is 5.32 Å². The first-order chi connectivity index (χ1) is 9.39. The predicted octanol–water partition coefficient (Wildman–Crippen LogP) is 1.37. The van der Waals surface area contributed by atoms with Crippen LogP contribution in [0, 0.1) is 0 Å². The summed E-state index contributed by atoms with van der Waals surface area (Å²) in [6.45, 7) is 1.05. The van der Waals surface area contributed by atoms with Gasteiger partial charge in [-0.15, -0.1) is 0 Å². The molecule has 3 N–H and O–H groups in total. The van der Waals surface area contributed by atoms with Crippen molar-refractivity contribution < 1.29 is 24.2 Å². The summed E-state index contributed by atoms with van der Waals surface area (Å²) in [5, 5.41) is 20.6. The lowest BCUT2D eigenvalue weighted by Crippen LogP contribution is -2.48. The van der Waals surface area contributed by atoms with E-state index in [1.54, 1.807) is 30.3 Å². The fraction of sp³-hybridized carbons (Fsp3) is 0.429. The van der Waals surface area contributed by atoms with Crippen molar-refractivity contribution in [2.24, 2.45) is 0 Å². The maximum atomic E-state index is 14.4. The van der Waals surface area contributed by atoms with Gasteiger partial charge in [-0.3, -0.25) is 9.59 Å². The van der Waals surface area contributed by atoms with Gasteiger partial charge in [0.2, 0.25) is 0 Å². The SMILES string of the molecule is CCC(F)(CNC(=O)c1ccccc1)[C@@H](O)CC(=O)O. The zero-order valence-corrected chi connectivity index (χ0v) is 11.2. The van der Waals surface area contributed by atoms with Crippen LogP contribution < -0.4 is 5.32 Å². The van der Waals surface area contributed by atoms with Crippen molar-refractivity contribution in [1.29, 1.82) is 0 Å². The zero-order valence-electron chi connectivity index (χ0n) is 11.2. The molecule has 1 amide bonds. The number of aliphatic carboxylic acids is 1. The zero-order chi connectivity index (χ0) is 15.2. The van der Waals surface area contributed by atoms with Crippen LogP contribution in [0.25, 0.3) is 0 Å². The third kappa shape index (κ3) is 4.31. The Bertz CT molecular complexity index is 466. The molecule has 0 radical (unpaired) electrons. The molecule has 6 heteroatoms. The highest BCUT2D eigenvalue weighted by Crippen LogP contribution is 2.22. The second kappa shape index (κ2) is 7.00. The summed E-state index contributed by atoms with van der Waals surface area (Å²) in [5.74, 6) is -1.76. The van der Waals surface area contributed by atoms with Gasteiger partial charge in [0.1, 0.15) is 6.10 Å². The molecule has 1 unspecified atom stereocenters. The van der Waals surface area contributed by atoms with Crippen molar-refractivity contribution in [3.05, 3.63) is 35.9 Å². The lowest BCUT2D eigenvalue weighted by molar-refractivity contribution is -0.142. The monoisotopic (exact) mass is 283 g/mol. The Kier molecular flexibility index (Phi) is 5.64. The Morgan fingerprint density at radius 1 is 1.35 bits per heavy atom. The molecule has 110 valence electrons. The lowest BCUT2D eigenvalue weighted by Gasteiger charge is -2.28. The number of hydrogen-bond acceptors (Lipinski definition) is 3. The number of rotatable bonds is 7. The molecular weight excluding hydrogens is 265 g/mol. The highest BCUT2D eigenvalue weighted by molar-refractivity contribution is 5.94. The average molecular weight is 283 g/mol. The second-order valence-corrected chi connectivity index (χ2v) is 4.55. The van der Waals surface area contributed by atoms with Crippen LogP contribution >= 0.6 is 0 Å². The van der Waals surface area contributed by atoms with Crippen LogP contribution in [0.4, 0.5) is 4.39 Å². The van der Waals surface area contributed by atoms with E-state index in [0.29, 0.717) is 5.56 Å². The van der Waals surface area contributed by atoms with E-state index in [0.717, 1.165) is 0 Å². The fourth-order valence-corrected chi connectivity index (χ4v) is 1.75. The molecule has 0 fully saturated rings. The number of carboxylic acids is 1. The second-order valence-electron chi connectivity index (χ2n) is 4.55. The molecule has 0 aliphatic carbocycles. The molecule has 0 saturated carbocycles. The minimum absolute atomic E-state index is 0.101. The topological polar surface area (TPSA) is 86.6 Å². The molecule has 1 aromatic rings. The average Bonchev–Trinajstić information content (AvgIpc) is 2.44. The number of carbonyl (C=O) groups excluding carboxylic acids is 1. The first-order valence-electron chi connectivity index (χ1n) is 6.31. The van der Waals surface area contributed by atoms with Crippen molar-refractivity contribution >= 4 is 11.9 Å². The van der Waals surface area contributed by atoms with Crippen molar-refractivity contribution in [3.63, 3.8) is 0 Å². The van der Waals surface area contributed by atoms with Crippen LogP contribution in [0.15, 0.2) is 30.3 Å². The van der Waals surface area contributed by atoms with Crippen LogP contribution in [-0.4, -0.2) is 40.4 Å². The largest absolute Gasteiger partial charge is 0.481 e. The first-order valence-corrected chi connectivity index (χ1v) is 6.31. The third-order valence-corrected chi connectivity index (χ3v) is 3.13. The van der Waals surface area contributed by atoms with E-state index >= 15 is 0 Å². The number of benzene rings is 1. The van der Waals surface area contributed by atoms with E-state index in [-0.39, 0.29) is 6.42 Å². The summed E-state index contributed by atoms with van der Waals surface area (Å²) in [4.78, 5) is 22.3. The normalized spacial score (nSPS) is 15.2. The van der Waals surface area contributed by atoms with Gasteiger partial charge in [-0.25, -0.2) is 4.39 Å². The van der Waals surface area contributed by atoms with Gasteiger partial charge in [0.25, 0.3) is 5.91 Å². The summed E-state index contributed by atoms with van der Waals surface area (Å²) < 4.78 is 14.4. The van der Waals surface area contributed by atoms with Crippen molar-refractivity contribution in [2.75, 3.05) is 6.54 Å². The highest BCUT2D eigenvalue weighted by atomic mass is 19.1. The summed E-state index contributed by atoms with van der Waals surface area (Å²) in [7, 11) is 0. The van der Waals surface area contributed by atoms with E-state index < -0.39 is 36.6 Å². The summed E-state index contributed by atoms with van der Waals surface area (Å²) in [6, 6.07) is 8.26. The smallest absolute Gasteiger partial charge is 0.306 e. The van der Waals surface area contributed by atoms with Crippen LogP contribution in [0.5, 0.6) is 0 Å². The summed E-state index contributed by atoms with van der Waals surface area (Å²) in [5.41, 5.74) is -1.79. The minimum atomic E-state index is -2.16. The van der Waals surface area contributed by atoms with Gasteiger partial charge in [0.15, 0.2) is 5.67 Å². The highest BCUT2D eigenvalue weighted by Gasteiger charge is 2.38. The first kappa shape index (κ1) is 16.1. The van der Waals surface area contributed by atoms with Crippen LogP contribution in [0.3, 0.4) is 0 Å². The van der Waals surface area contributed by atoms with E-state index in [1.807, 2.05) is 0 Å². The van der Waals surface area contributed by atoms with E-state index in [4.69, 9.17) is 5.11 Å². The molecular formula is C14H18FNO4. The van der Waals surface area contributed by atoms with Crippen molar-refractivity contribution in [3.8, 4) is 0 Å².